The Morgan fingerprint density at radius 3 is 2.73 bits per heavy atom. The van der Waals surface area contributed by atoms with E-state index in [9.17, 15) is 4.79 Å². The summed E-state index contributed by atoms with van der Waals surface area (Å²) in [4.78, 5) is 24.1. The van der Waals surface area contributed by atoms with Gasteiger partial charge in [0.1, 0.15) is 11.6 Å². The second kappa shape index (κ2) is 8.20. The molecule has 33 heavy (non-hydrogen) atoms. The molecule has 2 aromatic heterocycles. The summed E-state index contributed by atoms with van der Waals surface area (Å²) in [7, 11) is 0. The van der Waals surface area contributed by atoms with Crippen molar-refractivity contribution in [2.45, 2.75) is 64.0 Å². The lowest BCUT2D eigenvalue weighted by molar-refractivity contribution is -0.132. The molecule has 0 bridgehead atoms. The fourth-order valence-electron chi connectivity index (χ4n) is 5.35. The Morgan fingerprint density at radius 1 is 1.15 bits per heavy atom. The molecule has 6 rings (SSSR count). The van der Waals surface area contributed by atoms with Crippen molar-refractivity contribution in [2.75, 3.05) is 19.8 Å². The van der Waals surface area contributed by atoms with Gasteiger partial charge >= 0.3 is 0 Å². The van der Waals surface area contributed by atoms with Crippen LogP contribution in [-0.4, -0.2) is 45.1 Å². The van der Waals surface area contributed by atoms with Gasteiger partial charge in [0.15, 0.2) is 0 Å². The molecule has 4 heterocycles. The van der Waals surface area contributed by atoms with Gasteiger partial charge < -0.3 is 14.2 Å². The molecular formula is C26H29FN4O2. The van der Waals surface area contributed by atoms with Crippen LogP contribution in [-0.2, 0) is 22.6 Å². The molecule has 6 nitrogen and oxygen atoms in total. The van der Waals surface area contributed by atoms with Crippen molar-refractivity contribution < 1.29 is 13.9 Å². The summed E-state index contributed by atoms with van der Waals surface area (Å²) >= 11 is 0. The van der Waals surface area contributed by atoms with E-state index in [2.05, 4.69) is 10.6 Å². The molecule has 7 heteroatoms. The van der Waals surface area contributed by atoms with Crippen molar-refractivity contribution in [2.24, 2.45) is 0 Å². The van der Waals surface area contributed by atoms with Crippen LogP contribution < -0.4 is 0 Å². The molecule has 0 unspecified atom stereocenters. The van der Waals surface area contributed by atoms with Crippen LogP contribution in [0.15, 0.2) is 24.4 Å². The number of carbonyl (C=O) groups is 1. The van der Waals surface area contributed by atoms with Crippen LogP contribution >= 0.6 is 0 Å². The van der Waals surface area contributed by atoms with Crippen LogP contribution in [0.5, 0.6) is 0 Å². The number of halogens is 1. The van der Waals surface area contributed by atoms with Crippen molar-refractivity contribution in [3.05, 3.63) is 47.4 Å². The minimum absolute atomic E-state index is 0.127. The average molecular weight is 449 g/mol. The van der Waals surface area contributed by atoms with Gasteiger partial charge in [-0.05, 0) is 43.2 Å². The highest BCUT2D eigenvalue weighted by molar-refractivity contribution is 5.96. The summed E-state index contributed by atoms with van der Waals surface area (Å²) in [6.07, 6.45) is 6.47. The van der Waals surface area contributed by atoms with E-state index >= 15 is 4.39 Å². The van der Waals surface area contributed by atoms with Gasteiger partial charge in [-0.3, -0.25) is 9.78 Å². The fraction of sp³-hybridized carbons (Fsp3) is 0.500. The molecule has 0 radical (unpaired) electrons. The number of fused-ring (bicyclic) bond motifs is 2. The lowest BCUT2D eigenvalue weighted by Crippen LogP contribution is -2.38. The summed E-state index contributed by atoms with van der Waals surface area (Å²) in [5.41, 5.74) is 3.19. The highest BCUT2D eigenvalue weighted by atomic mass is 19.1. The highest BCUT2D eigenvalue weighted by Crippen LogP contribution is 2.44. The molecule has 2 aliphatic heterocycles. The first kappa shape index (κ1) is 20.8. The highest BCUT2D eigenvalue weighted by Gasteiger charge is 2.35. The van der Waals surface area contributed by atoms with Gasteiger partial charge in [-0.2, -0.15) is 0 Å². The zero-order chi connectivity index (χ0) is 22.5. The van der Waals surface area contributed by atoms with Crippen LogP contribution in [0.1, 0.15) is 68.1 Å². The van der Waals surface area contributed by atoms with Gasteiger partial charge in [0.2, 0.25) is 5.91 Å². The lowest BCUT2D eigenvalue weighted by Gasteiger charge is -2.29. The van der Waals surface area contributed by atoms with E-state index < -0.39 is 0 Å². The SMILES string of the molecule is CCC(=O)N1CCn2c(C3CC3)nc(-c3c(F)ccc4cc(C5CCOCC5)ncc34)c2C1. The second-order valence-electron chi connectivity index (χ2n) is 9.50. The largest absolute Gasteiger partial charge is 0.381 e. The second-order valence-corrected chi connectivity index (χ2v) is 9.50. The molecule has 0 N–H and O–H groups in total. The Labute approximate surface area is 192 Å². The molecule has 3 aliphatic rings. The number of amides is 1. The molecule has 1 aromatic carbocycles. The van der Waals surface area contributed by atoms with E-state index in [1.165, 1.54) is 0 Å². The quantitative estimate of drug-likeness (QED) is 0.577. The van der Waals surface area contributed by atoms with Crippen LogP contribution in [0.4, 0.5) is 4.39 Å². The van der Waals surface area contributed by atoms with Gasteiger partial charge in [-0.1, -0.05) is 13.0 Å². The Bertz CT molecular complexity index is 1230. The third-order valence-corrected chi connectivity index (χ3v) is 7.38. The number of aromatic nitrogens is 3. The van der Waals surface area contributed by atoms with E-state index in [0.717, 1.165) is 73.4 Å². The maximum Gasteiger partial charge on any atom is 0.222 e. The first-order chi connectivity index (χ1) is 16.1. The van der Waals surface area contributed by atoms with Gasteiger partial charge in [-0.25, -0.2) is 9.37 Å². The van der Waals surface area contributed by atoms with E-state index in [0.29, 0.717) is 42.6 Å². The minimum atomic E-state index is -0.287. The molecular weight excluding hydrogens is 419 g/mol. The van der Waals surface area contributed by atoms with Crippen molar-refractivity contribution in [3.8, 4) is 11.3 Å². The standard InChI is InChI=1S/C26H29FN4O2/c1-2-23(32)30-9-10-31-22(15-30)25(29-26(31)17-3-4-17)24-19-14-28-21(16-7-11-33-12-8-16)13-18(19)5-6-20(24)27/h5-6,13-14,16-17H,2-4,7-12,15H2,1H3. The summed E-state index contributed by atoms with van der Waals surface area (Å²) in [5, 5.41) is 1.77. The number of hydrogen-bond donors (Lipinski definition) is 0. The Balaban J connectivity index is 1.47. The zero-order valence-electron chi connectivity index (χ0n) is 19.0. The molecule has 1 saturated carbocycles. The molecule has 2 fully saturated rings. The maximum absolute atomic E-state index is 15.4. The topological polar surface area (TPSA) is 60.2 Å². The number of ether oxygens (including phenoxy) is 1. The van der Waals surface area contributed by atoms with Crippen molar-refractivity contribution in [1.29, 1.82) is 0 Å². The maximum atomic E-state index is 15.4. The Kier molecular flexibility index (Phi) is 5.17. The lowest BCUT2D eigenvalue weighted by atomic mass is 9.93. The minimum Gasteiger partial charge on any atom is -0.381 e. The molecule has 0 atom stereocenters. The third kappa shape index (κ3) is 3.62. The van der Waals surface area contributed by atoms with Crippen molar-refractivity contribution >= 4 is 16.7 Å². The van der Waals surface area contributed by atoms with Gasteiger partial charge in [0.05, 0.1) is 17.9 Å². The normalized spacial score (nSPS) is 19.2. The third-order valence-electron chi connectivity index (χ3n) is 7.38. The van der Waals surface area contributed by atoms with E-state index in [1.54, 1.807) is 6.07 Å². The van der Waals surface area contributed by atoms with Gasteiger partial charge in [0, 0.05) is 67.4 Å². The average Bonchev–Trinajstić information content (AvgIpc) is 3.64. The molecule has 3 aromatic rings. The van der Waals surface area contributed by atoms with E-state index in [4.69, 9.17) is 14.7 Å². The predicted octanol–water partition coefficient (Wildman–Crippen LogP) is 4.76. The number of imidazole rings is 1. The monoisotopic (exact) mass is 448 g/mol. The number of nitrogens with zero attached hydrogens (tertiary/aromatic N) is 4. The van der Waals surface area contributed by atoms with Crippen LogP contribution in [0.2, 0.25) is 0 Å². The number of rotatable bonds is 4. The van der Waals surface area contributed by atoms with Crippen LogP contribution in [0, 0.1) is 5.82 Å². The van der Waals surface area contributed by atoms with Crippen molar-refractivity contribution in [1.82, 2.24) is 19.4 Å². The predicted molar refractivity (Wildman–Crippen MR) is 123 cm³/mol. The van der Waals surface area contributed by atoms with Crippen molar-refractivity contribution in [3.63, 3.8) is 0 Å². The molecule has 172 valence electrons. The number of carbonyl (C=O) groups excluding carboxylic acids is 1. The number of hydrogen-bond acceptors (Lipinski definition) is 4. The molecule has 1 amide bonds. The molecule has 1 saturated heterocycles. The zero-order valence-corrected chi connectivity index (χ0v) is 19.0. The number of pyridine rings is 1. The van der Waals surface area contributed by atoms with E-state index in [1.807, 2.05) is 24.1 Å². The van der Waals surface area contributed by atoms with Gasteiger partial charge in [-0.15, -0.1) is 0 Å². The fourth-order valence-corrected chi connectivity index (χ4v) is 5.35. The van der Waals surface area contributed by atoms with Gasteiger partial charge in [0.25, 0.3) is 0 Å². The summed E-state index contributed by atoms with van der Waals surface area (Å²) in [6, 6.07) is 5.49. The summed E-state index contributed by atoms with van der Waals surface area (Å²) < 4.78 is 23.1. The first-order valence-corrected chi connectivity index (χ1v) is 12.2. The Morgan fingerprint density at radius 2 is 1.97 bits per heavy atom. The molecule has 0 spiro atoms. The number of benzene rings is 1. The summed E-state index contributed by atoms with van der Waals surface area (Å²) in [5.74, 6) is 1.72. The van der Waals surface area contributed by atoms with Crippen LogP contribution in [0.3, 0.4) is 0 Å². The molecule has 1 aliphatic carbocycles. The smallest absolute Gasteiger partial charge is 0.222 e. The Hall–Kier alpha value is -2.80. The van der Waals surface area contributed by atoms with Crippen LogP contribution in [0.25, 0.3) is 22.0 Å². The first-order valence-electron chi connectivity index (χ1n) is 12.2. The van der Waals surface area contributed by atoms with E-state index in [-0.39, 0.29) is 11.7 Å². The summed E-state index contributed by atoms with van der Waals surface area (Å²) in [6.45, 7) is 5.29.